The van der Waals surface area contributed by atoms with E-state index in [1.165, 1.54) is 12.1 Å². The molecule has 0 aliphatic heterocycles. The fourth-order valence-corrected chi connectivity index (χ4v) is 2.85. The number of ether oxygens (including phenoxy) is 1. The number of carbonyl (C=O) groups excluding carboxylic acids is 2. The number of anilines is 1. The van der Waals surface area contributed by atoms with Crippen molar-refractivity contribution in [2.24, 2.45) is 0 Å². The molecule has 5 heteroatoms. The van der Waals surface area contributed by atoms with Crippen molar-refractivity contribution in [2.75, 3.05) is 11.9 Å². The zero-order valence-electron chi connectivity index (χ0n) is 16.3. The molecule has 5 nitrogen and oxygen atoms in total. The highest BCUT2D eigenvalue weighted by Crippen LogP contribution is 2.32. The Morgan fingerprint density at radius 1 is 0.963 bits per heavy atom. The molecule has 0 atom stereocenters. The van der Waals surface area contributed by atoms with Gasteiger partial charge in [-0.25, -0.2) is 0 Å². The lowest BCUT2D eigenvalue weighted by molar-refractivity contribution is -0.146. The quantitative estimate of drug-likeness (QED) is 0.711. The molecule has 0 aliphatic carbocycles. The number of benzene rings is 2. The van der Waals surface area contributed by atoms with Gasteiger partial charge in [0.25, 0.3) is 5.91 Å². The van der Waals surface area contributed by atoms with E-state index in [0.717, 1.165) is 16.8 Å². The van der Waals surface area contributed by atoms with Crippen LogP contribution in [0.3, 0.4) is 0 Å². The molecule has 0 unspecified atom stereocenters. The van der Waals surface area contributed by atoms with Gasteiger partial charge in [0.1, 0.15) is 5.75 Å². The van der Waals surface area contributed by atoms with Gasteiger partial charge in [0.05, 0.1) is 6.42 Å². The number of nitrogens with one attached hydrogen (secondary N) is 1. The first-order valence-corrected chi connectivity index (χ1v) is 9.14. The van der Waals surface area contributed by atoms with E-state index in [2.05, 4.69) is 33.0 Å². The van der Waals surface area contributed by atoms with Crippen LogP contribution >= 0.6 is 0 Å². The fourth-order valence-electron chi connectivity index (χ4n) is 2.85. The van der Waals surface area contributed by atoms with Gasteiger partial charge in [0.15, 0.2) is 6.61 Å². The minimum absolute atomic E-state index is 0.0490. The van der Waals surface area contributed by atoms with Crippen LogP contribution in [0.2, 0.25) is 0 Å². The SMILES string of the molecule is CC(C)c1cccc(C(C)C)c1NC(=O)COC(=O)Cc1ccc(O)cc1. The maximum Gasteiger partial charge on any atom is 0.310 e. The number of rotatable bonds is 7. The zero-order chi connectivity index (χ0) is 20.0. The lowest BCUT2D eigenvalue weighted by Crippen LogP contribution is -2.23. The number of esters is 1. The molecule has 1 amide bonds. The summed E-state index contributed by atoms with van der Waals surface area (Å²) in [5.74, 6) is -0.190. The minimum atomic E-state index is -0.489. The zero-order valence-corrected chi connectivity index (χ0v) is 16.3. The van der Waals surface area contributed by atoms with Crippen molar-refractivity contribution in [2.45, 2.75) is 46.0 Å². The van der Waals surface area contributed by atoms with E-state index < -0.39 is 5.97 Å². The third kappa shape index (κ3) is 5.84. The molecule has 0 aromatic heterocycles. The molecule has 0 saturated carbocycles. The van der Waals surface area contributed by atoms with Crippen molar-refractivity contribution in [3.63, 3.8) is 0 Å². The van der Waals surface area contributed by atoms with E-state index in [1.54, 1.807) is 12.1 Å². The number of hydrogen-bond donors (Lipinski definition) is 2. The van der Waals surface area contributed by atoms with E-state index in [-0.39, 0.29) is 36.5 Å². The standard InChI is InChI=1S/C22H27NO4/c1-14(2)18-6-5-7-19(15(3)4)22(18)23-20(25)13-27-21(26)12-16-8-10-17(24)11-9-16/h5-11,14-15,24H,12-13H2,1-4H3,(H,23,25). The highest BCUT2D eigenvalue weighted by molar-refractivity contribution is 5.94. The first-order chi connectivity index (χ1) is 12.8. The van der Waals surface area contributed by atoms with Crippen molar-refractivity contribution in [1.82, 2.24) is 0 Å². The van der Waals surface area contributed by atoms with Crippen LogP contribution in [0.4, 0.5) is 5.69 Å². The summed E-state index contributed by atoms with van der Waals surface area (Å²) >= 11 is 0. The van der Waals surface area contributed by atoms with Crippen LogP contribution in [0.5, 0.6) is 5.75 Å². The van der Waals surface area contributed by atoms with Crippen molar-refractivity contribution >= 4 is 17.6 Å². The van der Waals surface area contributed by atoms with Crippen LogP contribution in [0.25, 0.3) is 0 Å². The molecule has 2 aromatic rings. The predicted octanol–water partition coefficient (Wildman–Crippen LogP) is 4.36. The Bertz CT molecular complexity index is 768. The Kier molecular flexibility index (Phi) is 6.99. The predicted molar refractivity (Wildman–Crippen MR) is 106 cm³/mol. The first-order valence-electron chi connectivity index (χ1n) is 9.14. The molecule has 27 heavy (non-hydrogen) atoms. The highest BCUT2D eigenvalue weighted by atomic mass is 16.5. The van der Waals surface area contributed by atoms with Crippen LogP contribution in [0.15, 0.2) is 42.5 Å². The summed E-state index contributed by atoms with van der Waals surface area (Å²) in [6, 6.07) is 12.3. The largest absolute Gasteiger partial charge is 0.508 e. The van der Waals surface area contributed by atoms with E-state index in [4.69, 9.17) is 4.74 Å². The lowest BCUT2D eigenvalue weighted by Gasteiger charge is -2.20. The Labute approximate surface area is 160 Å². The van der Waals surface area contributed by atoms with Crippen molar-refractivity contribution in [3.8, 4) is 5.75 Å². The van der Waals surface area contributed by atoms with Gasteiger partial charge >= 0.3 is 5.97 Å². The monoisotopic (exact) mass is 369 g/mol. The summed E-state index contributed by atoms with van der Waals surface area (Å²) in [6.07, 6.45) is 0.0490. The Morgan fingerprint density at radius 2 is 1.52 bits per heavy atom. The summed E-state index contributed by atoms with van der Waals surface area (Å²) in [5.41, 5.74) is 3.64. The van der Waals surface area contributed by atoms with Crippen LogP contribution < -0.4 is 5.32 Å². The van der Waals surface area contributed by atoms with Crippen molar-refractivity contribution in [1.29, 1.82) is 0 Å². The summed E-state index contributed by atoms with van der Waals surface area (Å²) in [5, 5.41) is 12.2. The molecule has 2 rings (SSSR count). The molecule has 0 saturated heterocycles. The van der Waals surface area contributed by atoms with Gasteiger partial charge in [0.2, 0.25) is 0 Å². The van der Waals surface area contributed by atoms with Crippen molar-refractivity contribution < 1.29 is 19.4 Å². The van der Waals surface area contributed by atoms with Gasteiger partial charge in [-0.2, -0.15) is 0 Å². The molecule has 0 radical (unpaired) electrons. The van der Waals surface area contributed by atoms with Crippen LogP contribution in [0, 0.1) is 0 Å². The Hall–Kier alpha value is -2.82. The van der Waals surface area contributed by atoms with Gasteiger partial charge in [-0.1, -0.05) is 58.0 Å². The van der Waals surface area contributed by atoms with Crippen LogP contribution in [-0.4, -0.2) is 23.6 Å². The molecule has 144 valence electrons. The smallest absolute Gasteiger partial charge is 0.310 e. The average Bonchev–Trinajstić information content (AvgIpc) is 2.61. The highest BCUT2D eigenvalue weighted by Gasteiger charge is 2.17. The normalized spacial score (nSPS) is 10.9. The number of phenols is 1. The van der Waals surface area contributed by atoms with Gasteiger partial charge in [-0.15, -0.1) is 0 Å². The van der Waals surface area contributed by atoms with E-state index in [0.29, 0.717) is 5.56 Å². The lowest BCUT2D eigenvalue weighted by atomic mass is 9.92. The summed E-state index contributed by atoms with van der Waals surface area (Å²) < 4.78 is 5.10. The molecule has 0 heterocycles. The van der Waals surface area contributed by atoms with Crippen molar-refractivity contribution in [3.05, 3.63) is 59.2 Å². The van der Waals surface area contributed by atoms with Gasteiger partial charge in [-0.3, -0.25) is 9.59 Å². The summed E-state index contributed by atoms with van der Waals surface area (Å²) in [6.45, 7) is 7.97. The number of hydrogen-bond acceptors (Lipinski definition) is 4. The fraction of sp³-hybridized carbons (Fsp3) is 0.364. The number of carbonyl (C=O) groups is 2. The summed E-state index contributed by atoms with van der Waals surface area (Å²) in [4.78, 5) is 24.3. The third-order valence-electron chi connectivity index (χ3n) is 4.29. The maximum atomic E-state index is 12.3. The second kappa shape index (κ2) is 9.21. The van der Waals surface area contributed by atoms with Crippen LogP contribution in [-0.2, 0) is 20.7 Å². The molecule has 0 spiro atoms. The van der Waals surface area contributed by atoms with E-state index in [9.17, 15) is 14.7 Å². The van der Waals surface area contributed by atoms with Gasteiger partial charge in [-0.05, 0) is 40.7 Å². The number of aromatic hydroxyl groups is 1. The second-order valence-corrected chi connectivity index (χ2v) is 7.17. The molecular formula is C22H27NO4. The first kappa shape index (κ1) is 20.5. The Morgan fingerprint density at radius 3 is 2.04 bits per heavy atom. The average molecular weight is 369 g/mol. The van der Waals surface area contributed by atoms with Gasteiger partial charge in [0, 0.05) is 5.69 Å². The topological polar surface area (TPSA) is 75.6 Å². The van der Waals surface area contributed by atoms with Crippen LogP contribution in [0.1, 0.15) is 56.2 Å². The van der Waals surface area contributed by atoms with E-state index in [1.807, 2.05) is 18.2 Å². The Balaban J connectivity index is 1.99. The molecule has 0 aliphatic rings. The molecule has 2 N–H and O–H groups in total. The number of phenolic OH excluding ortho intramolecular Hbond substituents is 1. The second-order valence-electron chi connectivity index (χ2n) is 7.17. The molecular weight excluding hydrogens is 342 g/mol. The van der Waals surface area contributed by atoms with Gasteiger partial charge < -0.3 is 15.2 Å². The number of para-hydroxylation sites is 1. The molecule has 2 aromatic carbocycles. The maximum absolute atomic E-state index is 12.3. The summed E-state index contributed by atoms with van der Waals surface area (Å²) in [7, 11) is 0. The minimum Gasteiger partial charge on any atom is -0.508 e. The van der Waals surface area contributed by atoms with E-state index >= 15 is 0 Å². The molecule has 0 bridgehead atoms. The molecule has 0 fully saturated rings. The third-order valence-corrected chi connectivity index (χ3v) is 4.29. The number of amides is 1.